The maximum Gasteiger partial charge on any atom is 0.380 e. The van der Waals surface area contributed by atoms with E-state index in [0.29, 0.717) is 28.1 Å². The minimum Gasteiger partial charge on any atom is -0.416 e. The summed E-state index contributed by atoms with van der Waals surface area (Å²) in [5, 5.41) is 51.8. The van der Waals surface area contributed by atoms with Crippen molar-refractivity contribution in [2.75, 3.05) is 23.3 Å². The number of nitrogens with zero attached hydrogens (tertiary/aromatic N) is 5. The Morgan fingerprint density at radius 3 is 2.52 bits per heavy atom. The van der Waals surface area contributed by atoms with E-state index in [-0.39, 0.29) is 28.2 Å². The molecule has 3 aromatic heterocycles. The first-order chi connectivity index (χ1) is 21.9. The summed E-state index contributed by atoms with van der Waals surface area (Å²) >= 11 is 1.14. The van der Waals surface area contributed by atoms with Gasteiger partial charge in [0, 0.05) is 48.8 Å². The number of pyridine rings is 2. The van der Waals surface area contributed by atoms with Gasteiger partial charge in [-0.1, -0.05) is 6.07 Å². The molecule has 1 amide bonds. The number of ether oxygens (including phenoxy) is 1. The van der Waals surface area contributed by atoms with Crippen LogP contribution in [0.5, 0.6) is 5.88 Å². The Morgan fingerprint density at radius 1 is 1.02 bits per heavy atom. The van der Waals surface area contributed by atoms with Gasteiger partial charge < -0.3 is 35.4 Å². The molecule has 3 aromatic rings. The second-order valence-electron chi connectivity index (χ2n) is 14.3. The fraction of sp³-hybridized carbons (Fsp3) is 0.562. The zero-order chi connectivity index (χ0) is 32.1. The molecule has 3 saturated carbocycles. The van der Waals surface area contributed by atoms with E-state index < -0.39 is 17.7 Å². The van der Waals surface area contributed by atoms with Crippen LogP contribution >= 0.6 is 11.9 Å². The predicted molar refractivity (Wildman–Crippen MR) is 168 cm³/mol. The Balaban J connectivity index is 1.08. The van der Waals surface area contributed by atoms with Gasteiger partial charge in [0.05, 0.1) is 5.56 Å². The molecule has 1 saturated heterocycles. The van der Waals surface area contributed by atoms with Crippen molar-refractivity contribution in [2.45, 2.75) is 81.1 Å². The lowest BCUT2D eigenvalue weighted by molar-refractivity contribution is -0.442. The molecule has 5 aliphatic rings. The van der Waals surface area contributed by atoms with Crippen molar-refractivity contribution in [3.8, 4) is 11.7 Å². The summed E-state index contributed by atoms with van der Waals surface area (Å²) in [6.07, 6.45) is 7.85. The van der Waals surface area contributed by atoms with Gasteiger partial charge in [-0.15, -0.1) is 5.10 Å². The van der Waals surface area contributed by atoms with E-state index >= 15 is 0 Å². The molecule has 2 aliphatic heterocycles. The number of hydrogen-bond donors (Lipinski definition) is 6. The number of hydrogen-bond acceptors (Lipinski definition) is 12. The molecule has 0 aromatic carbocycles. The maximum absolute atomic E-state index is 13.6. The molecule has 46 heavy (non-hydrogen) atoms. The van der Waals surface area contributed by atoms with Crippen molar-refractivity contribution in [1.29, 1.82) is 0 Å². The normalized spacial score (nSPS) is 24.4. The number of aromatic nitrogens is 4. The Kier molecular flexibility index (Phi) is 6.53. The smallest absolute Gasteiger partial charge is 0.380 e. The number of carbonyl (C=O) groups excluding carboxylic acids is 1. The summed E-state index contributed by atoms with van der Waals surface area (Å²) in [6, 6.07) is 10.4. The fourth-order valence-corrected chi connectivity index (χ4v) is 9.08. The van der Waals surface area contributed by atoms with Crippen molar-refractivity contribution in [3.63, 3.8) is 0 Å². The quantitative estimate of drug-likeness (QED) is 0.176. The molecule has 4 bridgehead atoms. The van der Waals surface area contributed by atoms with Gasteiger partial charge in [0.1, 0.15) is 16.7 Å². The Hall–Kier alpha value is -3.43. The standard InChI is InChI=1S/C32H39N7O6S/c1-28(2)17-19-5-4-15-33-21-6-3-7-24(34-21)46-37-26(40)20-8-9-22(35-25(20)38(28)18-19)39-16-10-23(36-39)45-32(43,44)31(41,42)27-29(11-12-29)30(27)13-14-30/h3,6-10,16,19,27,41-44H,4-5,11-15,17-18H2,1-2H3,(H,33,34)(H,37,40). The highest BCUT2D eigenvalue weighted by molar-refractivity contribution is 7.97. The molecule has 8 rings (SSSR count). The number of anilines is 2. The third-order valence-corrected chi connectivity index (χ3v) is 11.6. The number of amides is 1. The highest BCUT2D eigenvalue weighted by Gasteiger charge is 2.93. The predicted octanol–water partition coefficient (Wildman–Crippen LogP) is 2.80. The first-order valence-electron chi connectivity index (χ1n) is 16.0. The Morgan fingerprint density at radius 2 is 1.78 bits per heavy atom. The average molecular weight is 650 g/mol. The van der Waals surface area contributed by atoms with Gasteiger partial charge >= 0.3 is 5.97 Å². The summed E-state index contributed by atoms with van der Waals surface area (Å²) in [4.78, 5) is 25.3. The fourth-order valence-electron chi connectivity index (χ4n) is 8.48. The van der Waals surface area contributed by atoms with Crippen molar-refractivity contribution in [1.82, 2.24) is 24.5 Å². The van der Waals surface area contributed by atoms with Crippen LogP contribution in [0.4, 0.5) is 11.6 Å². The monoisotopic (exact) mass is 649 g/mol. The van der Waals surface area contributed by atoms with Gasteiger partial charge in [0.2, 0.25) is 5.88 Å². The molecule has 14 heteroatoms. The second kappa shape index (κ2) is 10.0. The summed E-state index contributed by atoms with van der Waals surface area (Å²) in [5.74, 6) is -5.25. The average Bonchev–Trinajstić information content (AvgIpc) is 3.97. The van der Waals surface area contributed by atoms with Crippen LogP contribution in [0.2, 0.25) is 0 Å². The zero-order valence-electron chi connectivity index (χ0n) is 25.8. The van der Waals surface area contributed by atoms with E-state index in [9.17, 15) is 25.2 Å². The number of carbonyl (C=O) groups is 1. The van der Waals surface area contributed by atoms with Crippen LogP contribution in [0.25, 0.3) is 5.82 Å². The molecular formula is C32H39N7O6S. The van der Waals surface area contributed by atoms with Gasteiger partial charge in [0.25, 0.3) is 11.7 Å². The summed E-state index contributed by atoms with van der Waals surface area (Å²) in [5.41, 5.74) is -0.315. The van der Waals surface area contributed by atoms with Crippen LogP contribution in [-0.2, 0) is 0 Å². The van der Waals surface area contributed by atoms with Crippen molar-refractivity contribution in [2.24, 2.45) is 22.7 Å². The van der Waals surface area contributed by atoms with Crippen LogP contribution in [0.15, 0.2) is 47.6 Å². The highest BCUT2D eigenvalue weighted by Crippen LogP contribution is 2.94. The highest BCUT2D eigenvalue weighted by atomic mass is 32.2. The SMILES string of the molecule is CC1(C)CC2CCCNc3cccc(n3)SNC(=O)c3ccc(-n4ccc(OC(O)(O)C(O)(O)C5C6(CC6)C56CC6)n4)nc3N1C2. The molecule has 1 atom stereocenters. The van der Waals surface area contributed by atoms with Crippen LogP contribution < -0.4 is 19.7 Å². The third-order valence-electron chi connectivity index (χ3n) is 10.9. The van der Waals surface area contributed by atoms with Gasteiger partial charge in [-0.25, -0.2) is 14.6 Å². The van der Waals surface area contributed by atoms with Gasteiger partial charge in [0.15, 0.2) is 5.82 Å². The van der Waals surface area contributed by atoms with E-state index in [4.69, 9.17) is 9.72 Å². The molecule has 13 nitrogen and oxygen atoms in total. The zero-order valence-corrected chi connectivity index (χ0v) is 26.6. The van der Waals surface area contributed by atoms with Crippen molar-refractivity contribution >= 4 is 29.5 Å². The molecule has 244 valence electrons. The third kappa shape index (κ3) is 4.67. The maximum atomic E-state index is 13.6. The first kappa shape index (κ1) is 29.9. The molecule has 0 radical (unpaired) electrons. The number of rotatable bonds is 5. The molecule has 3 aliphatic carbocycles. The number of nitrogens with one attached hydrogen (secondary N) is 2. The molecule has 6 N–H and O–H groups in total. The van der Waals surface area contributed by atoms with Gasteiger partial charge in [-0.3, -0.25) is 9.52 Å². The second-order valence-corrected chi connectivity index (χ2v) is 15.1. The lowest BCUT2D eigenvalue weighted by Crippen LogP contribution is -2.60. The molecular weight excluding hydrogens is 610 g/mol. The Bertz CT molecular complexity index is 1680. The van der Waals surface area contributed by atoms with Crippen LogP contribution in [0, 0.1) is 22.7 Å². The van der Waals surface area contributed by atoms with E-state index in [0.717, 1.165) is 75.8 Å². The Labute approximate surface area is 270 Å². The van der Waals surface area contributed by atoms with Crippen molar-refractivity contribution < 1.29 is 30.0 Å². The molecule has 2 spiro atoms. The number of fused-ring (bicyclic) bond motifs is 7. The topological polar surface area (TPSA) is 178 Å². The van der Waals surface area contributed by atoms with Gasteiger partial charge in [-0.05, 0) is 99.8 Å². The van der Waals surface area contributed by atoms with Crippen LogP contribution in [0.3, 0.4) is 0 Å². The van der Waals surface area contributed by atoms with Crippen LogP contribution in [0.1, 0.15) is 69.2 Å². The van der Waals surface area contributed by atoms with E-state index in [1.165, 1.54) is 16.9 Å². The first-order valence-corrected chi connectivity index (χ1v) is 16.8. The molecule has 1 unspecified atom stereocenters. The minimum atomic E-state index is -3.27. The van der Waals surface area contributed by atoms with Crippen LogP contribution in [-0.4, -0.2) is 76.5 Å². The molecule has 4 fully saturated rings. The van der Waals surface area contributed by atoms with E-state index in [2.05, 4.69) is 38.9 Å². The minimum absolute atomic E-state index is 0.218. The lowest BCUT2D eigenvalue weighted by Gasteiger charge is -2.34. The summed E-state index contributed by atoms with van der Waals surface area (Å²) in [6.45, 7) is 5.84. The largest absolute Gasteiger partial charge is 0.416 e. The van der Waals surface area contributed by atoms with Gasteiger partial charge in [-0.2, -0.15) is 0 Å². The van der Waals surface area contributed by atoms with E-state index in [1.807, 2.05) is 18.2 Å². The summed E-state index contributed by atoms with van der Waals surface area (Å²) in [7, 11) is 0. The van der Waals surface area contributed by atoms with Crippen molar-refractivity contribution in [3.05, 3.63) is 48.2 Å². The lowest BCUT2D eigenvalue weighted by atomic mass is 9.93. The van der Waals surface area contributed by atoms with E-state index in [1.54, 1.807) is 12.1 Å². The number of aliphatic hydroxyl groups is 4. The molecule has 5 heterocycles. The summed E-state index contributed by atoms with van der Waals surface area (Å²) < 4.78 is 9.64.